The van der Waals surface area contributed by atoms with E-state index < -0.39 is 22.2 Å². The van der Waals surface area contributed by atoms with Gasteiger partial charge in [0.05, 0.1) is 38.7 Å². The molecule has 1 amide bonds. The normalized spacial score (nSPS) is 27.7. The number of hydrogen-bond donors (Lipinski definition) is 1. The van der Waals surface area contributed by atoms with Gasteiger partial charge in [0, 0.05) is 48.8 Å². The van der Waals surface area contributed by atoms with E-state index in [1.807, 2.05) is 37.3 Å². The summed E-state index contributed by atoms with van der Waals surface area (Å²) in [5, 5.41) is 0.732. The number of aryl methyl sites for hydroxylation is 1. The maximum atomic E-state index is 14.1. The molecule has 10 nitrogen and oxygen atoms in total. The highest BCUT2D eigenvalue weighted by Gasteiger charge is 2.44. The van der Waals surface area contributed by atoms with Crippen LogP contribution in [0.4, 0.5) is 5.69 Å². The highest BCUT2D eigenvalue weighted by Crippen LogP contribution is 2.47. The number of hydrogen-bond acceptors (Lipinski definition) is 8. The van der Waals surface area contributed by atoms with Gasteiger partial charge < -0.3 is 23.8 Å². The number of anilines is 1. The molecule has 0 aromatic heterocycles. The van der Waals surface area contributed by atoms with E-state index in [1.54, 1.807) is 38.5 Å². The summed E-state index contributed by atoms with van der Waals surface area (Å²) >= 11 is 6.47. The van der Waals surface area contributed by atoms with Gasteiger partial charge in [-0.2, -0.15) is 12.7 Å². The fourth-order valence-electron chi connectivity index (χ4n) is 8.53. The van der Waals surface area contributed by atoms with Crippen molar-refractivity contribution < 1.29 is 32.2 Å². The second-order valence-electron chi connectivity index (χ2n) is 15.0. The minimum atomic E-state index is -4.29. The molecule has 1 fully saturated rings. The van der Waals surface area contributed by atoms with E-state index in [2.05, 4.69) is 27.8 Å². The number of benzene rings is 3. The summed E-state index contributed by atoms with van der Waals surface area (Å²) in [6.07, 6.45) is 9.42. The molecule has 3 aromatic carbocycles. The molecule has 53 heavy (non-hydrogen) atoms. The van der Waals surface area contributed by atoms with Crippen molar-refractivity contribution in [2.24, 2.45) is 11.8 Å². The van der Waals surface area contributed by atoms with E-state index in [-0.39, 0.29) is 29.5 Å². The smallest absolute Gasteiger partial charge is 0.304 e. The zero-order valence-corrected chi connectivity index (χ0v) is 32.3. The van der Waals surface area contributed by atoms with Crippen molar-refractivity contribution in [3.8, 4) is 11.5 Å². The predicted molar refractivity (Wildman–Crippen MR) is 206 cm³/mol. The Labute approximate surface area is 318 Å². The third-order valence-electron chi connectivity index (χ3n) is 11.6. The number of amides is 1. The lowest BCUT2D eigenvalue weighted by atomic mass is 9.68. The van der Waals surface area contributed by atoms with Gasteiger partial charge in [-0.05, 0) is 116 Å². The van der Waals surface area contributed by atoms with Gasteiger partial charge in [0.2, 0.25) is 0 Å². The van der Waals surface area contributed by atoms with Crippen molar-refractivity contribution in [3.05, 3.63) is 100 Å². The van der Waals surface area contributed by atoms with Gasteiger partial charge in [0.25, 0.3) is 5.91 Å². The number of halogens is 1. The summed E-state index contributed by atoms with van der Waals surface area (Å²) in [6, 6.07) is 18.3. The molecule has 0 unspecified atom stereocenters. The molecule has 5 atom stereocenters. The van der Waals surface area contributed by atoms with Crippen LogP contribution >= 0.6 is 11.6 Å². The van der Waals surface area contributed by atoms with Gasteiger partial charge in [-0.15, -0.1) is 0 Å². The van der Waals surface area contributed by atoms with E-state index >= 15 is 0 Å². The number of carbonyl (C=O) groups is 1. The Bertz CT molecular complexity index is 1920. The van der Waals surface area contributed by atoms with E-state index in [0.29, 0.717) is 50.2 Å². The lowest BCUT2D eigenvalue weighted by molar-refractivity contribution is -0.0309. The highest BCUT2D eigenvalue weighted by atomic mass is 35.5. The summed E-state index contributed by atoms with van der Waals surface area (Å²) in [5.74, 6) is 1.26. The van der Waals surface area contributed by atoms with Gasteiger partial charge in [0.1, 0.15) is 11.5 Å². The molecule has 1 saturated carbocycles. The molecule has 7 rings (SSSR count). The van der Waals surface area contributed by atoms with Crippen molar-refractivity contribution >= 4 is 33.4 Å². The SMILES string of the molecule is COCCO[C@H]1/C=C\C[C@H](C)N(Cc2ccc(OC)cc2)S(=O)(=O)NC(=O)c2ccc3c(c2)N(C[C@@H]2CC[C@H]21)C[C@@]1(CCCc2cc(Cl)ccc21)CO3. The van der Waals surface area contributed by atoms with Gasteiger partial charge in [-0.3, -0.25) is 4.79 Å². The molecule has 4 aliphatic rings. The van der Waals surface area contributed by atoms with E-state index in [4.69, 9.17) is 30.5 Å². The van der Waals surface area contributed by atoms with Crippen LogP contribution in [0.1, 0.15) is 66.1 Å². The molecule has 1 spiro atoms. The molecule has 2 aliphatic carbocycles. The fraction of sp³-hybridized carbons (Fsp3) is 0.488. The average Bonchev–Trinajstić information content (AvgIpc) is 3.28. The van der Waals surface area contributed by atoms with Gasteiger partial charge in [-0.1, -0.05) is 42.0 Å². The third-order valence-corrected chi connectivity index (χ3v) is 13.4. The monoisotopic (exact) mass is 763 g/mol. The van der Waals surface area contributed by atoms with E-state index in [1.165, 1.54) is 15.4 Å². The number of nitrogens with one attached hydrogen (secondary N) is 1. The molecule has 0 radical (unpaired) electrons. The zero-order chi connectivity index (χ0) is 37.2. The topological polar surface area (TPSA) is 107 Å². The third kappa shape index (κ3) is 8.10. The Hall–Kier alpha value is -3.61. The number of ether oxygens (including phenoxy) is 4. The van der Waals surface area contributed by atoms with Crippen molar-refractivity contribution in [2.45, 2.75) is 69.6 Å². The molecule has 0 saturated heterocycles. The molecule has 12 heteroatoms. The van der Waals surface area contributed by atoms with E-state index in [9.17, 15) is 13.2 Å². The zero-order valence-electron chi connectivity index (χ0n) is 30.8. The minimum absolute atomic E-state index is 0.0701. The van der Waals surface area contributed by atoms with Crippen molar-refractivity contribution in [1.29, 1.82) is 0 Å². The molecule has 2 heterocycles. The number of nitrogens with zero attached hydrogens (tertiary/aromatic N) is 2. The summed E-state index contributed by atoms with van der Waals surface area (Å²) in [6.45, 7) is 4.80. The molecule has 2 bridgehead atoms. The second kappa shape index (κ2) is 16.0. The Kier molecular flexibility index (Phi) is 11.4. The van der Waals surface area contributed by atoms with Crippen LogP contribution in [0, 0.1) is 11.8 Å². The number of fused-ring (bicyclic) bond motifs is 4. The lowest BCUT2D eigenvalue weighted by Gasteiger charge is -2.46. The number of methoxy groups -OCH3 is 2. The molecule has 3 aromatic rings. The average molecular weight is 764 g/mol. The summed E-state index contributed by atoms with van der Waals surface area (Å²) in [5.41, 5.74) is 4.05. The minimum Gasteiger partial charge on any atom is -0.497 e. The maximum absolute atomic E-state index is 14.1. The largest absolute Gasteiger partial charge is 0.497 e. The summed E-state index contributed by atoms with van der Waals surface area (Å²) in [4.78, 5) is 16.3. The van der Waals surface area contributed by atoms with Gasteiger partial charge in [-0.25, -0.2) is 4.72 Å². The summed E-state index contributed by atoms with van der Waals surface area (Å²) in [7, 11) is -1.03. The van der Waals surface area contributed by atoms with Crippen molar-refractivity contribution in [2.75, 3.05) is 52.0 Å². The van der Waals surface area contributed by atoms with Crippen LogP contribution in [0.3, 0.4) is 0 Å². The maximum Gasteiger partial charge on any atom is 0.304 e. The number of rotatable bonds is 7. The Morgan fingerprint density at radius 2 is 1.87 bits per heavy atom. The molecule has 284 valence electrons. The highest BCUT2D eigenvalue weighted by molar-refractivity contribution is 7.87. The Morgan fingerprint density at radius 3 is 2.62 bits per heavy atom. The fourth-order valence-corrected chi connectivity index (χ4v) is 10.1. The second-order valence-corrected chi connectivity index (χ2v) is 17.0. The first kappa shape index (κ1) is 37.7. The van der Waals surface area contributed by atoms with E-state index in [0.717, 1.165) is 54.9 Å². The van der Waals surface area contributed by atoms with Crippen LogP contribution in [0.5, 0.6) is 11.5 Å². The predicted octanol–water partition coefficient (Wildman–Crippen LogP) is 6.70. The summed E-state index contributed by atoms with van der Waals surface area (Å²) < 4.78 is 55.8. The molecule has 2 aliphatic heterocycles. The van der Waals surface area contributed by atoms with Crippen molar-refractivity contribution in [3.63, 3.8) is 0 Å². The lowest BCUT2D eigenvalue weighted by Crippen LogP contribution is -2.50. The van der Waals surface area contributed by atoms with Crippen LogP contribution in [-0.2, 0) is 38.1 Å². The van der Waals surface area contributed by atoms with Gasteiger partial charge in [0.15, 0.2) is 0 Å². The van der Waals surface area contributed by atoms with Crippen LogP contribution in [-0.4, -0.2) is 77.9 Å². The van der Waals surface area contributed by atoms with Crippen LogP contribution in [0.15, 0.2) is 72.8 Å². The molecule has 1 N–H and O–H groups in total. The van der Waals surface area contributed by atoms with Crippen LogP contribution < -0.4 is 19.1 Å². The quantitative estimate of drug-likeness (QED) is 0.209. The standard InChI is InChI=1S/C41H50ClN3O7S/c1-28-6-4-8-38(51-21-20-49-2)35-16-11-32(35)25-44-26-41(19-5-7-30-22-33(42)13-17-36(30)41)27-52-39-18-12-31(23-37(39)44)40(46)43-53(47,48)45(28)24-29-9-14-34(50-3)15-10-29/h4,8-10,12-15,17-18,22-23,28,32,35,38H,5-7,11,16,19-21,24-27H2,1-3H3,(H,43,46)/b8-4-/t28-,32-,35+,38-,41-/m0/s1. The molecular formula is C41H50ClN3O7S. The van der Waals surface area contributed by atoms with Crippen LogP contribution in [0.25, 0.3) is 0 Å². The van der Waals surface area contributed by atoms with Crippen molar-refractivity contribution in [1.82, 2.24) is 9.03 Å². The number of carbonyl (C=O) groups excluding carboxylic acids is 1. The Balaban J connectivity index is 1.28. The van der Waals surface area contributed by atoms with Gasteiger partial charge >= 0.3 is 10.2 Å². The van der Waals surface area contributed by atoms with Crippen LogP contribution in [0.2, 0.25) is 5.02 Å². The first-order chi connectivity index (χ1) is 25.6. The first-order valence-electron chi connectivity index (χ1n) is 18.6. The first-order valence-corrected chi connectivity index (χ1v) is 20.5. The Morgan fingerprint density at radius 1 is 1.04 bits per heavy atom. The molecular weight excluding hydrogens is 714 g/mol.